The van der Waals surface area contributed by atoms with Crippen molar-refractivity contribution in [3.05, 3.63) is 59.2 Å². The molecule has 174 valence electrons. The SMILES string of the molecule is CN=C(NCCc1cccc(C(=O)NC)c1)N1CCC(c2cc(OC)cc(OC)c2)C1.I. The number of guanidine groups is 1. The summed E-state index contributed by atoms with van der Waals surface area (Å²) in [5.74, 6) is 2.86. The molecule has 1 fully saturated rings. The predicted molar refractivity (Wildman–Crippen MR) is 139 cm³/mol. The van der Waals surface area contributed by atoms with Crippen molar-refractivity contribution < 1.29 is 14.3 Å². The van der Waals surface area contributed by atoms with Crippen LogP contribution in [0.3, 0.4) is 0 Å². The lowest BCUT2D eigenvalue weighted by atomic mass is 9.98. The Morgan fingerprint density at radius 2 is 1.88 bits per heavy atom. The number of likely N-dealkylation sites (tertiary alicyclic amines) is 1. The maximum Gasteiger partial charge on any atom is 0.251 e. The molecule has 1 saturated heterocycles. The first-order chi connectivity index (χ1) is 15.1. The zero-order valence-electron chi connectivity index (χ0n) is 19.2. The molecule has 1 aliphatic rings. The number of methoxy groups -OCH3 is 2. The van der Waals surface area contributed by atoms with Crippen LogP contribution in [0.25, 0.3) is 0 Å². The minimum absolute atomic E-state index is 0. The molecule has 2 N–H and O–H groups in total. The molecule has 0 saturated carbocycles. The monoisotopic (exact) mass is 552 g/mol. The molecule has 1 aliphatic heterocycles. The topological polar surface area (TPSA) is 75.2 Å². The number of amides is 1. The number of aliphatic imine (C=N–C) groups is 1. The first-order valence-corrected chi connectivity index (χ1v) is 10.6. The lowest BCUT2D eigenvalue weighted by Crippen LogP contribution is -2.40. The van der Waals surface area contributed by atoms with Crippen LogP contribution >= 0.6 is 24.0 Å². The van der Waals surface area contributed by atoms with E-state index in [1.165, 1.54) is 5.56 Å². The normalized spacial score (nSPS) is 15.7. The van der Waals surface area contributed by atoms with E-state index in [4.69, 9.17) is 9.47 Å². The number of hydrogen-bond acceptors (Lipinski definition) is 4. The van der Waals surface area contributed by atoms with Gasteiger partial charge in [0.05, 0.1) is 14.2 Å². The van der Waals surface area contributed by atoms with Crippen LogP contribution in [0.5, 0.6) is 11.5 Å². The summed E-state index contributed by atoms with van der Waals surface area (Å²) >= 11 is 0. The predicted octanol–water partition coefficient (Wildman–Crippen LogP) is 3.29. The summed E-state index contributed by atoms with van der Waals surface area (Å²) in [5.41, 5.74) is 3.02. The Balaban J connectivity index is 0.00000363. The Labute approximate surface area is 207 Å². The Kier molecular flexibility index (Phi) is 10.1. The summed E-state index contributed by atoms with van der Waals surface area (Å²) in [6.07, 6.45) is 1.86. The lowest BCUT2D eigenvalue weighted by Gasteiger charge is -2.22. The molecule has 0 radical (unpaired) electrons. The van der Waals surface area contributed by atoms with Gasteiger partial charge in [-0.1, -0.05) is 12.1 Å². The number of nitrogens with one attached hydrogen (secondary N) is 2. The highest BCUT2D eigenvalue weighted by Crippen LogP contribution is 2.32. The highest BCUT2D eigenvalue weighted by atomic mass is 127. The summed E-state index contributed by atoms with van der Waals surface area (Å²) in [4.78, 5) is 18.6. The van der Waals surface area contributed by atoms with Crippen molar-refractivity contribution in [3.8, 4) is 11.5 Å². The molecule has 0 spiro atoms. The second-order valence-corrected chi connectivity index (χ2v) is 7.58. The summed E-state index contributed by atoms with van der Waals surface area (Å²) in [6.45, 7) is 2.58. The average Bonchev–Trinajstić information content (AvgIpc) is 3.31. The molecule has 1 atom stereocenters. The third-order valence-electron chi connectivity index (χ3n) is 5.66. The highest BCUT2D eigenvalue weighted by Gasteiger charge is 2.26. The third-order valence-corrected chi connectivity index (χ3v) is 5.66. The first kappa shape index (κ1) is 25.8. The zero-order chi connectivity index (χ0) is 22.2. The van der Waals surface area contributed by atoms with Crippen molar-refractivity contribution in [1.82, 2.24) is 15.5 Å². The summed E-state index contributed by atoms with van der Waals surface area (Å²) in [6, 6.07) is 13.8. The second-order valence-electron chi connectivity index (χ2n) is 7.58. The number of nitrogens with zero attached hydrogens (tertiary/aromatic N) is 2. The van der Waals surface area contributed by atoms with Crippen molar-refractivity contribution in [2.24, 2.45) is 4.99 Å². The minimum atomic E-state index is -0.0668. The van der Waals surface area contributed by atoms with E-state index in [9.17, 15) is 4.79 Å². The van der Waals surface area contributed by atoms with Crippen LogP contribution in [0.1, 0.15) is 33.8 Å². The fourth-order valence-electron chi connectivity index (χ4n) is 3.95. The van der Waals surface area contributed by atoms with Crippen LogP contribution in [-0.2, 0) is 6.42 Å². The molecule has 0 bridgehead atoms. The van der Waals surface area contributed by atoms with Gasteiger partial charge in [0.25, 0.3) is 5.91 Å². The van der Waals surface area contributed by atoms with E-state index in [-0.39, 0.29) is 29.9 Å². The first-order valence-electron chi connectivity index (χ1n) is 10.6. The van der Waals surface area contributed by atoms with Crippen LogP contribution in [0.15, 0.2) is 47.5 Å². The molecule has 0 aromatic heterocycles. The van der Waals surface area contributed by atoms with Crippen molar-refractivity contribution in [2.75, 3.05) is 47.9 Å². The van der Waals surface area contributed by atoms with Gasteiger partial charge in [0.1, 0.15) is 11.5 Å². The minimum Gasteiger partial charge on any atom is -0.497 e. The van der Waals surface area contributed by atoms with Crippen molar-refractivity contribution >= 4 is 35.8 Å². The van der Waals surface area contributed by atoms with Crippen molar-refractivity contribution in [1.29, 1.82) is 0 Å². The summed E-state index contributed by atoms with van der Waals surface area (Å²) in [5, 5.41) is 6.13. The number of carbonyl (C=O) groups excluding carboxylic acids is 1. The van der Waals surface area contributed by atoms with Gasteiger partial charge >= 0.3 is 0 Å². The van der Waals surface area contributed by atoms with E-state index in [0.29, 0.717) is 11.5 Å². The van der Waals surface area contributed by atoms with Gasteiger partial charge in [-0.25, -0.2) is 0 Å². The summed E-state index contributed by atoms with van der Waals surface area (Å²) < 4.78 is 10.8. The van der Waals surface area contributed by atoms with E-state index in [0.717, 1.165) is 55.5 Å². The maximum atomic E-state index is 11.8. The zero-order valence-corrected chi connectivity index (χ0v) is 21.5. The van der Waals surface area contributed by atoms with Gasteiger partial charge in [-0.2, -0.15) is 0 Å². The van der Waals surface area contributed by atoms with Gasteiger partial charge in [0, 0.05) is 51.3 Å². The number of rotatable bonds is 7. The number of halogens is 1. The van der Waals surface area contributed by atoms with Crippen LogP contribution < -0.4 is 20.1 Å². The lowest BCUT2D eigenvalue weighted by molar-refractivity contribution is 0.0963. The molecule has 1 heterocycles. The summed E-state index contributed by atoms with van der Waals surface area (Å²) in [7, 11) is 6.81. The van der Waals surface area contributed by atoms with Crippen molar-refractivity contribution in [2.45, 2.75) is 18.8 Å². The third kappa shape index (κ3) is 6.51. The van der Waals surface area contributed by atoms with Gasteiger partial charge in [-0.05, 0) is 48.2 Å². The quantitative estimate of drug-likeness (QED) is 0.314. The van der Waals surface area contributed by atoms with Gasteiger partial charge in [0.15, 0.2) is 5.96 Å². The molecule has 7 nitrogen and oxygen atoms in total. The molecule has 8 heteroatoms. The molecule has 0 aliphatic carbocycles. The number of hydrogen-bond donors (Lipinski definition) is 2. The molecule has 32 heavy (non-hydrogen) atoms. The molecular formula is C24H33IN4O3. The van der Waals surface area contributed by atoms with E-state index in [2.05, 4.69) is 32.7 Å². The van der Waals surface area contributed by atoms with E-state index >= 15 is 0 Å². The second kappa shape index (κ2) is 12.5. The smallest absolute Gasteiger partial charge is 0.251 e. The van der Waals surface area contributed by atoms with E-state index in [1.807, 2.05) is 37.4 Å². The van der Waals surface area contributed by atoms with Crippen LogP contribution in [0.2, 0.25) is 0 Å². The molecular weight excluding hydrogens is 519 g/mol. The van der Waals surface area contributed by atoms with Crippen LogP contribution in [0, 0.1) is 0 Å². The van der Waals surface area contributed by atoms with Gasteiger partial charge in [0.2, 0.25) is 0 Å². The van der Waals surface area contributed by atoms with Gasteiger partial charge in [-0.3, -0.25) is 9.79 Å². The Bertz CT molecular complexity index is 913. The highest BCUT2D eigenvalue weighted by molar-refractivity contribution is 14.0. The Morgan fingerprint density at radius 1 is 1.16 bits per heavy atom. The molecule has 2 aromatic carbocycles. The largest absolute Gasteiger partial charge is 0.497 e. The maximum absolute atomic E-state index is 11.8. The fourth-order valence-corrected chi connectivity index (χ4v) is 3.95. The van der Waals surface area contributed by atoms with E-state index in [1.54, 1.807) is 21.3 Å². The molecule has 1 amide bonds. The van der Waals surface area contributed by atoms with Gasteiger partial charge in [-0.15, -0.1) is 24.0 Å². The van der Waals surface area contributed by atoms with Crippen LogP contribution in [-0.4, -0.2) is 64.7 Å². The standard InChI is InChI=1S/C24H32N4O3.HI/c1-25-23(29)18-7-5-6-17(12-18)8-10-27-24(26-2)28-11-9-19(16-28)20-13-21(30-3)15-22(14-20)31-4;/h5-7,12-15,19H,8-11,16H2,1-4H3,(H,25,29)(H,26,27);1H. The number of ether oxygens (including phenoxy) is 2. The number of carbonyl (C=O) groups is 1. The fraction of sp³-hybridized carbons (Fsp3) is 0.417. The average molecular weight is 552 g/mol. The van der Waals surface area contributed by atoms with Crippen LogP contribution in [0.4, 0.5) is 0 Å². The van der Waals surface area contributed by atoms with Crippen molar-refractivity contribution in [3.63, 3.8) is 0 Å². The van der Waals surface area contributed by atoms with E-state index < -0.39 is 0 Å². The number of benzene rings is 2. The Morgan fingerprint density at radius 3 is 2.50 bits per heavy atom. The molecule has 2 aromatic rings. The molecule has 1 unspecified atom stereocenters. The molecule has 3 rings (SSSR count). The Hall–Kier alpha value is -2.49. The van der Waals surface area contributed by atoms with Gasteiger partial charge < -0.3 is 25.0 Å².